The van der Waals surface area contributed by atoms with E-state index in [-0.39, 0.29) is 5.38 Å². The van der Waals surface area contributed by atoms with Crippen molar-refractivity contribution in [1.82, 2.24) is 9.78 Å². The predicted molar refractivity (Wildman–Crippen MR) is 73.3 cm³/mol. The molecule has 1 atom stereocenters. The van der Waals surface area contributed by atoms with Crippen LogP contribution in [0.2, 0.25) is 0 Å². The number of rotatable bonds is 8. The molecule has 0 saturated heterocycles. The molecule has 0 N–H and O–H groups in total. The highest BCUT2D eigenvalue weighted by Gasteiger charge is 2.15. The van der Waals surface area contributed by atoms with Crippen molar-refractivity contribution in [2.24, 2.45) is 0 Å². The lowest BCUT2D eigenvalue weighted by atomic mass is 10.1. The maximum atomic E-state index is 6.15. The minimum atomic E-state index is 0.0108. The van der Waals surface area contributed by atoms with Gasteiger partial charge in [-0.05, 0) is 27.2 Å². The second-order valence-electron chi connectivity index (χ2n) is 4.38. The number of aromatic nitrogens is 2. The molecule has 18 heavy (non-hydrogen) atoms. The number of nitrogens with zero attached hydrogens (tertiary/aromatic N) is 2. The van der Waals surface area contributed by atoms with Crippen LogP contribution >= 0.6 is 11.6 Å². The highest BCUT2D eigenvalue weighted by Crippen LogP contribution is 2.26. The number of methoxy groups -OCH3 is 1. The van der Waals surface area contributed by atoms with E-state index in [0.717, 1.165) is 36.5 Å². The number of halogens is 1. The molecule has 0 aliphatic heterocycles. The molecule has 0 aliphatic carbocycles. The van der Waals surface area contributed by atoms with Gasteiger partial charge in [0.2, 0.25) is 0 Å². The zero-order valence-electron chi connectivity index (χ0n) is 11.7. The minimum absolute atomic E-state index is 0.0108. The number of aryl methyl sites for hydroxylation is 2. The van der Waals surface area contributed by atoms with Gasteiger partial charge < -0.3 is 9.47 Å². The van der Waals surface area contributed by atoms with E-state index in [2.05, 4.69) is 12.0 Å². The Bertz CT molecular complexity index is 364. The lowest BCUT2D eigenvalue weighted by molar-refractivity contribution is 0.0676. The second-order valence-corrected chi connectivity index (χ2v) is 5.04. The fraction of sp³-hybridized carbons (Fsp3) is 0.769. The van der Waals surface area contributed by atoms with Crippen LogP contribution in [0, 0.1) is 13.8 Å². The number of hydrogen-bond acceptors (Lipinski definition) is 3. The lowest BCUT2D eigenvalue weighted by Crippen LogP contribution is -2.08. The van der Waals surface area contributed by atoms with E-state index in [4.69, 9.17) is 21.1 Å². The second kappa shape index (κ2) is 7.77. The third-order valence-electron chi connectivity index (χ3n) is 2.93. The molecule has 1 heterocycles. The van der Waals surface area contributed by atoms with Gasteiger partial charge in [0, 0.05) is 31.5 Å². The molecule has 4 nitrogen and oxygen atoms in total. The molecule has 0 aliphatic rings. The summed E-state index contributed by atoms with van der Waals surface area (Å²) in [7, 11) is 1.67. The Hall–Kier alpha value is -0.580. The maximum Gasteiger partial charge on any atom is 0.0700 e. The standard InChI is InChI=1S/C13H23ClN2O2/c1-10(14)13-11(2)15-16(12(13)3)6-5-7-18-9-8-17-4/h10H,5-9H2,1-4H3. The largest absolute Gasteiger partial charge is 0.382 e. The van der Waals surface area contributed by atoms with Crippen molar-refractivity contribution in [1.29, 1.82) is 0 Å². The predicted octanol–water partition coefficient (Wildman–Crippen LogP) is 2.85. The molecule has 0 amide bonds. The Morgan fingerprint density at radius 1 is 1.28 bits per heavy atom. The van der Waals surface area contributed by atoms with Crippen LogP contribution in [0.5, 0.6) is 0 Å². The molecule has 1 aromatic rings. The van der Waals surface area contributed by atoms with Crippen LogP contribution in [0.3, 0.4) is 0 Å². The molecular weight excluding hydrogens is 252 g/mol. The third-order valence-corrected chi connectivity index (χ3v) is 3.14. The monoisotopic (exact) mass is 274 g/mol. The summed E-state index contributed by atoms with van der Waals surface area (Å²) >= 11 is 6.15. The molecule has 0 bridgehead atoms. The quantitative estimate of drug-likeness (QED) is 0.540. The van der Waals surface area contributed by atoms with Crippen molar-refractivity contribution in [3.05, 3.63) is 17.0 Å². The van der Waals surface area contributed by atoms with Gasteiger partial charge in [-0.15, -0.1) is 11.6 Å². The van der Waals surface area contributed by atoms with Gasteiger partial charge in [-0.3, -0.25) is 4.68 Å². The molecule has 0 spiro atoms. The van der Waals surface area contributed by atoms with Crippen molar-refractivity contribution in [3.8, 4) is 0 Å². The normalized spacial score (nSPS) is 12.9. The molecule has 1 rings (SSSR count). The van der Waals surface area contributed by atoms with Gasteiger partial charge in [0.05, 0.1) is 24.3 Å². The SMILES string of the molecule is COCCOCCCn1nc(C)c(C(C)Cl)c1C. The van der Waals surface area contributed by atoms with E-state index in [1.807, 2.05) is 18.5 Å². The topological polar surface area (TPSA) is 36.3 Å². The van der Waals surface area contributed by atoms with Crippen molar-refractivity contribution in [2.45, 2.75) is 39.1 Å². The summed E-state index contributed by atoms with van der Waals surface area (Å²) in [6.07, 6.45) is 0.946. The van der Waals surface area contributed by atoms with E-state index in [1.165, 1.54) is 0 Å². The summed E-state index contributed by atoms with van der Waals surface area (Å²) < 4.78 is 12.4. The van der Waals surface area contributed by atoms with E-state index < -0.39 is 0 Å². The Morgan fingerprint density at radius 2 is 2.00 bits per heavy atom. The van der Waals surface area contributed by atoms with Crippen LogP contribution in [-0.2, 0) is 16.0 Å². The average molecular weight is 275 g/mol. The van der Waals surface area contributed by atoms with Crippen molar-refractivity contribution in [2.75, 3.05) is 26.9 Å². The van der Waals surface area contributed by atoms with Crippen LogP contribution in [0.4, 0.5) is 0 Å². The van der Waals surface area contributed by atoms with Crippen LogP contribution in [0.15, 0.2) is 0 Å². The fourth-order valence-electron chi connectivity index (χ4n) is 2.06. The minimum Gasteiger partial charge on any atom is -0.382 e. The first-order valence-electron chi connectivity index (χ1n) is 6.32. The summed E-state index contributed by atoms with van der Waals surface area (Å²) in [5.41, 5.74) is 3.33. The summed E-state index contributed by atoms with van der Waals surface area (Å²) in [6.45, 7) is 8.95. The van der Waals surface area contributed by atoms with Crippen LogP contribution in [0.1, 0.15) is 35.7 Å². The summed E-state index contributed by atoms with van der Waals surface area (Å²) in [5, 5.41) is 4.53. The molecule has 0 radical (unpaired) electrons. The van der Waals surface area contributed by atoms with E-state index in [1.54, 1.807) is 7.11 Å². The zero-order valence-corrected chi connectivity index (χ0v) is 12.5. The lowest BCUT2D eigenvalue weighted by Gasteiger charge is -2.07. The van der Waals surface area contributed by atoms with E-state index in [0.29, 0.717) is 13.2 Å². The van der Waals surface area contributed by atoms with Crippen LogP contribution < -0.4 is 0 Å². The summed E-state index contributed by atoms with van der Waals surface area (Å²) in [6, 6.07) is 0. The summed E-state index contributed by atoms with van der Waals surface area (Å²) in [4.78, 5) is 0. The molecular formula is C13H23ClN2O2. The van der Waals surface area contributed by atoms with Crippen molar-refractivity contribution in [3.63, 3.8) is 0 Å². The Kier molecular flexibility index (Phi) is 6.68. The molecule has 104 valence electrons. The van der Waals surface area contributed by atoms with E-state index in [9.17, 15) is 0 Å². The summed E-state index contributed by atoms with van der Waals surface area (Å²) in [5.74, 6) is 0. The first kappa shape index (κ1) is 15.5. The molecule has 1 unspecified atom stereocenters. The molecule has 0 saturated carbocycles. The number of alkyl halides is 1. The maximum absolute atomic E-state index is 6.15. The number of ether oxygens (including phenoxy) is 2. The highest BCUT2D eigenvalue weighted by atomic mass is 35.5. The van der Waals surface area contributed by atoms with Gasteiger partial charge in [-0.25, -0.2) is 0 Å². The van der Waals surface area contributed by atoms with Crippen LogP contribution in [0.25, 0.3) is 0 Å². The first-order valence-corrected chi connectivity index (χ1v) is 6.76. The third kappa shape index (κ3) is 4.26. The average Bonchev–Trinajstić information content (AvgIpc) is 2.59. The molecule has 5 heteroatoms. The van der Waals surface area contributed by atoms with Crippen molar-refractivity contribution >= 4 is 11.6 Å². The Morgan fingerprint density at radius 3 is 2.56 bits per heavy atom. The van der Waals surface area contributed by atoms with Gasteiger partial charge >= 0.3 is 0 Å². The highest BCUT2D eigenvalue weighted by molar-refractivity contribution is 6.20. The smallest absolute Gasteiger partial charge is 0.0700 e. The fourth-order valence-corrected chi connectivity index (χ4v) is 2.38. The molecule has 0 aromatic carbocycles. The van der Waals surface area contributed by atoms with E-state index >= 15 is 0 Å². The first-order chi connectivity index (χ1) is 8.57. The molecule has 1 aromatic heterocycles. The van der Waals surface area contributed by atoms with Crippen molar-refractivity contribution < 1.29 is 9.47 Å². The Balaban J connectivity index is 2.41. The van der Waals surface area contributed by atoms with Gasteiger partial charge in [0.15, 0.2) is 0 Å². The zero-order chi connectivity index (χ0) is 13.5. The Labute approximate surface area is 114 Å². The van der Waals surface area contributed by atoms with Gasteiger partial charge in [0.25, 0.3) is 0 Å². The van der Waals surface area contributed by atoms with Gasteiger partial charge in [-0.2, -0.15) is 5.10 Å². The van der Waals surface area contributed by atoms with Gasteiger partial charge in [0.1, 0.15) is 0 Å². The van der Waals surface area contributed by atoms with Crippen LogP contribution in [-0.4, -0.2) is 36.7 Å². The van der Waals surface area contributed by atoms with Gasteiger partial charge in [-0.1, -0.05) is 0 Å². The molecule has 0 fully saturated rings. The number of hydrogen-bond donors (Lipinski definition) is 0.